The quantitative estimate of drug-likeness (QED) is 0.623. The summed E-state index contributed by atoms with van der Waals surface area (Å²) in [7, 11) is 0. The Morgan fingerprint density at radius 3 is 2.72 bits per heavy atom. The third kappa shape index (κ3) is 2.50. The Hall–Kier alpha value is -3.35. The molecule has 1 aromatic carbocycles. The van der Waals surface area contributed by atoms with E-state index in [9.17, 15) is 14.0 Å². The van der Waals surface area contributed by atoms with Crippen LogP contribution >= 0.6 is 0 Å². The number of H-pyrrole nitrogens is 1. The molecule has 3 aromatic heterocycles. The van der Waals surface area contributed by atoms with E-state index in [1.54, 1.807) is 25.1 Å². The lowest BCUT2D eigenvalue weighted by Crippen LogP contribution is -2.23. The van der Waals surface area contributed by atoms with Gasteiger partial charge in [-0.3, -0.25) is 14.7 Å². The highest BCUT2D eigenvalue weighted by Gasteiger charge is 2.16. The minimum atomic E-state index is -0.447. The molecule has 0 spiro atoms. The fourth-order valence-electron chi connectivity index (χ4n) is 2.96. The number of nitrogens with zero attached hydrogens (tertiary/aromatic N) is 2. The fraction of sp³-hybridized carbons (Fsp3) is 0.111. The molecular weight excluding hydrogens is 325 g/mol. The average Bonchev–Trinajstić information content (AvgIpc) is 3.19. The summed E-state index contributed by atoms with van der Waals surface area (Å²) >= 11 is 0. The highest BCUT2D eigenvalue weighted by molar-refractivity contribution is 5.80. The van der Waals surface area contributed by atoms with E-state index < -0.39 is 5.82 Å². The Morgan fingerprint density at radius 1 is 1.16 bits per heavy atom. The number of nitrogens with one attached hydrogen (secondary N) is 1. The monoisotopic (exact) mass is 339 g/mol. The van der Waals surface area contributed by atoms with E-state index in [1.807, 2.05) is 0 Å². The molecule has 0 fully saturated rings. The number of rotatable bonds is 3. The maximum atomic E-state index is 13.5. The average molecular weight is 339 g/mol. The highest BCUT2D eigenvalue weighted by atomic mass is 19.1. The molecule has 0 bridgehead atoms. The standard InChI is InChI=1S/C18H14FN3O3/c1-11-17-15(9-16(23)21(11)10-14-6-3-7-25-14)20-22(18(17)24)13-5-2-4-12(19)8-13/h2-9,20H,10H2,1H3. The third-order valence-electron chi connectivity index (χ3n) is 4.18. The molecule has 0 amide bonds. The molecule has 0 unspecified atom stereocenters. The molecule has 0 radical (unpaired) electrons. The predicted octanol–water partition coefficient (Wildman–Crippen LogP) is 2.57. The SMILES string of the molecule is Cc1c2c(=O)n(-c3cccc(F)c3)[nH]c2cc(=O)n1Cc1ccco1. The van der Waals surface area contributed by atoms with Crippen LogP contribution in [0, 0.1) is 12.7 Å². The first kappa shape index (κ1) is 15.2. The van der Waals surface area contributed by atoms with Gasteiger partial charge in [0.2, 0.25) is 0 Å². The Morgan fingerprint density at radius 2 is 2.00 bits per heavy atom. The van der Waals surface area contributed by atoms with Crippen LogP contribution in [0.25, 0.3) is 16.6 Å². The number of fused-ring (bicyclic) bond motifs is 1. The normalized spacial score (nSPS) is 11.3. The van der Waals surface area contributed by atoms with Gasteiger partial charge in [0.15, 0.2) is 0 Å². The number of halogens is 1. The Kier molecular flexibility index (Phi) is 3.42. The van der Waals surface area contributed by atoms with Crippen molar-refractivity contribution in [3.8, 4) is 5.69 Å². The van der Waals surface area contributed by atoms with Crippen LogP contribution in [0.1, 0.15) is 11.5 Å². The predicted molar refractivity (Wildman–Crippen MR) is 90.7 cm³/mol. The van der Waals surface area contributed by atoms with Crippen molar-refractivity contribution in [2.75, 3.05) is 0 Å². The van der Waals surface area contributed by atoms with Gasteiger partial charge in [-0.05, 0) is 37.3 Å². The van der Waals surface area contributed by atoms with Crippen LogP contribution < -0.4 is 11.1 Å². The maximum absolute atomic E-state index is 13.5. The number of hydrogen-bond acceptors (Lipinski definition) is 3. The molecule has 0 aliphatic rings. The molecule has 6 nitrogen and oxygen atoms in total. The summed E-state index contributed by atoms with van der Waals surface area (Å²) in [6.07, 6.45) is 1.53. The lowest BCUT2D eigenvalue weighted by Gasteiger charge is -2.08. The Labute approximate surface area is 140 Å². The topological polar surface area (TPSA) is 72.9 Å². The largest absolute Gasteiger partial charge is 0.467 e. The number of hydrogen-bond donors (Lipinski definition) is 1. The summed E-state index contributed by atoms with van der Waals surface area (Å²) in [5, 5.41) is 3.26. The molecular formula is C18H14FN3O3. The molecule has 0 saturated carbocycles. The van der Waals surface area contributed by atoms with E-state index in [4.69, 9.17) is 4.42 Å². The minimum Gasteiger partial charge on any atom is -0.467 e. The number of benzene rings is 1. The minimum absolute atomic E-state index is 0.234. The zero-order valence-corrected chi connectivity index (χ0v) is 13.3. The van der Waals surface area contributed by atoms with Gasteiger partial charge in [-0.2, -0.15) is 0 Å². The van der Waals surface area contributed by atoms with Crippen LogP contribution in [-0.4, -0.2) is 14.3 Å². The second-order valence-corrected chi connectivity index (χ2v) is 5.75. The van der Waals surface area contributed by atoms with E-state index in [0.717, 1.165) is 0 Å². The lowest BCUT2D eigenvalue weighted by molar-refractivity contribution is 0.487. The first-order valence-electron chi connectivity index (χ1n) is 7.68. The van der Waals surface area contributed by atoms with Crippen molar-refractivity contribution < 1.29 is 8.81 Å². The molecule has 0 saturated heterocycles. The van der Waals surface area contributed by atoms with Crippen molar-refractivity contribution in [2.24, 2.45) is 0 Å². The van der Waals surface area contributed by atoms with Crippen LogP contribution in [0.5, 0.6) is 0 Å². The highest BCUT2D eigenvalue weighted by Crippen LogP contribution is 2.15. The molecule has 4 rings (SSSR count). The van der Waals surface area contributed by atoms with Crippen molar-refractivity contribution in [1.29, 1.82) is 0 Å². The summed E-state index contributed by atoms with van der Waals surface area (Å²) < 4.78 is 21.5. The van der Waals surface area contributed by atoms with Gasteiger partial charge in [-0.25, -0.2) is 9.07 Å². The molecule has 25 heavy (non-hydrogen) atoms. The molecule has 7 heteroatoms. The van der Waals surface area contributed by atoms with Gasteiger partial charge in [-0.1, -0.05) is 6.07 Å². The molecule has 3 heterocycles. The van der Waals surface area contributed by atoms with Crippen molar-refractivity contribution in [3.63, 3.8) is 0 Å². The van der Waals surface area contributed by atoms with E-state index in [-0.39, 0.29) is 17.7 Å². The van der Waals surface area contributed by atoms with E-state index >= 15 is 0 Å². The van der Waals surface area contributed by atoms with Gasteiger partial charge in [0.1, 0.15) is 11.6 Å². The van der Waals surface area contributed by atoms with Gasteiger partial charge in [0.05, 0.1) is 29.4 Å². The van der Waals surface area contributed by atoms with Crippen LogP contribution in [0.2, 0.25) is 0 Å². The van der Waals surface area contributed by atoms with Crippen molar-refractivity contribution in [3.05, 3.63) is 86.7 Å². The van der Waals surface area contributed by atoms with Crippen LogP contribution in [0.15, 0.2) is 62.7 Å². The summed E-state index contributed by atoms with van der Waals surface area (Å²) in [5.41, 5.74) is 0.703. The molecule has 1 N–H and O–H groups in total. The first-order chi connectivity index (χ1) is 12.0. The molecule has 0 aliphatic carbocycles. The zero-order chi connectivity index (χ0) is 17.6. The fourth-order valence-corrected chi connectivity index (χ4v) is 2.96. The van der Waals surface area contributed by atoms with Gasteiger partial charge in [0, 0.05) is 11.8 Å². The second kappa shape index (κ2) is 5.62. The van der Waals surface area contributed by atoms with Gasteiger partial charge < -0.3 is 8.98 Å². The number of aromatic nitrogens is 3. The number of pyridine rings is 1. The van der Waals surface area contributed by atoms with E-state index in [1.165, 1.54) is 39.8 Å². The molecule has 4 aromatic rings. The third-order valence-corrected chi connectivity index (χ3v) is 4.18. The van der Waals surface area contributed by atoms with E-state index in [2.05, 4.69) is 5.10 Å². The first-order valence-corrected chi connectivity index (χ1v) is 7.68. The van der Waals surface area contributed by atoms with Crippen LogP contribution in [-0.2, 0) is 6.54 Å². The Bertz CT molecular complexity index is 1180. The van der Waals surface area contributed by atoms with Crippen molar-refractivity contribution in [2.45, 2.75) is 13.5 Å². The smallest absolute Gasteiger partial charge is 0.280 e. The molecule has 0 aliphatic heterocycles. The van der Waals surface area contributed by atoms with Crippen molar-refractivity contribution in [1.82, 2.24) is 14.3 Å². The van der Waals surface area contributed by atoms with Crippen molar-refractivity contribution >= 4 is 10.9 Å². The lowest BCUT2D eigenvalue weighted by atomic mass is 10.2. The molecule has 126 valence electrons. The number of aromatic amines is 1. The van der Waals surface area contributed by atoms with Gasteiger partial charge in [0.25, 0.3) is 11.1 Å². The zero-order valence-electron chi connectivity index (χ0n) is 13.3. The summed E-state index contributed by atoms with van der Waals surface area (Å²) in [6, 6.07) is 10.6. The van der Waals surface area contributed by atoms with E-state index in [0.29, 0.717) is 28.0 Å². The summed E-state index contributed by atoms with van der Waals surface area (Å²) in [5.74, 6) is 0.169. The van der Waals surface area contributed by atoms with Gasteiger partial charge in [-0.15, -0.1) is 0 Å². The molecule has 0 atom stereocenters. The van der Waals surface area contributed by atoms with Crippen LogP contribution in [0.4, 0.5) is 4.39 Å². The van der Waals surface area contributed by atoms with Gasteiger partial charge >= 0.3 is 0 Å². The number of furan rings is 1. The Balaban J connectivity index is 1.94. The summed E-state index contributed by atoms with van der Waals surface area (Å²) in [4.78, 5) is 25.2. The summed E-state index contributed by atoms with van der Waals surface area (Å²) in [6.45, 7) is 1.94. The number of aryl methyl sites for hydroxylation is 1. The van der Waals surface area contributed by atoms with Crippen LogP contribution in [0.3, 0.4) is 0 Å². The second-order valence-electron chi connectivity index (χ2n) is 5.75. The maximum Gasteiger partial charge on any atom is 0.280 e.